The average Bonchev–Trinajstić information content (AvgIpc) is 3.13. The summed E-state index contributed by atoms with van der Waals surface area (Å²) in [6, 6.07) is 18.6. The Bertz CT molecular complexity index is 906. The Morgan fingerprint density at radius 3 is 2.81 bits per heavy atom. The summed E-state index contributed by atoms with van der Waals surface area (Å²) in [5.74, 6) is 0.00696. The van der Waals surface area contributed by atoms with Crippen LogP contribution in [0.3, 0.4) is 0 Å². The number of thiazole rings is 1. The first-order valence-electron chi connectivity index (χ1n) is 8.79. The Hall–Kier alpha value is -2.50. The van der Waals surface area contributed by atoms with Crippen molar-refractivity contribution in [3.8, 4) is 11.3 Å². The summed E-state index contributed by atoms with van der Waals surface area (Å²) in [6.07, 6.45) is 1.48. The Balaban J connectivity index is 1.46. The van der Waals surface area contributed by atoms with Gasteiger partial charge in [0.25, 0.3) is 0 Å². The number of carbonyl (C=O) groups excluding carboxylic acids is 1. The Morgan fingerprint density at radius 1 is 1.19 bits per heavy atom. The number of aromatic nitrogens is 1. The van der Waals surface area contributed by atoms with E-state index in [9.17, 15) is 4.79 Å². The first kappa shape index (κ1) is 16.9. The van der Waals surface area contributed by atoms with Crippen LogP contribution in [0.4, 0.5) is 5.13 Å². The van der Waals surface area contributed by atoms with E-state index in [1.807, 2.05) is 35.7 Å². The molecule has 2 heterocycles. The standard InChI is InChI=1S/C21H21N3OS/c1-24-12-11-15-7-5-6-10-17(15)19(24)13-20(25)23-21-22-18(14-26-21)16-8-3-2-4-9-16/h2-10,14,19H,11-13H2,1H3,(H,22,23,25). The van der Waals surface area contributed by atoms with Gasteiger partial charge in [0.05, 0.1) is 5.69 Å². The first-order valence-corrected chi connectivity index (χ1v) is 9.67. The van der Waals surface area contributed by atoms with Crippen molar-refractivity contribution in [2.24, 2.45) is 0 Å². The van der Waals surface area contributed by atoms with Crippen LogP contribution in [0.1, 0.15) is 23.6 Å². The van der Waals surface area contributed by atoms with Crippen molar-refractivity contribution in [3.63, 3.8) is 0 Å². The van der Waals surface area contributed by atoms with Crippen LogP contribution in [0.25, 0.3) is 11.3 Å². The zero-order valence-corrected chi connectivity index (χ0v) is 15.5. The fourth-order valence-electron chi connectivity index (χ4n) is 3.46. The van der Waals surface area contributed by atoms with Crippen molar-refractivity contribution in [1.82, 2.24) is 9.88 Å². The number of amides is 1. The molecule has 0 bridgehead atoms. The SMILES string of the molecule is CN1CCc2ccccc2C1CC(=O)Nc1nc(-c2ccccc2)cs1. The summed E-state index contributed by atoms with van der Waals surface area (Å²) in [4.78, 5) is 19.4. The van der Waals surface area contributed by atoms with Gasteiger partial charge in [0.2, 0.25) is 5.91 Å². The summed E-state index contributed by atoms with van der Waals surface area (Å²) in [6.45, 7) is 0.977. The number of nitrogens with zero attached hydrogens (tertiary/aromatic N) is 2. The largest absolute Gasteiger partial charge is 0.302 e. The second-order valence-electron chi connectivity index (χ2n) is 6.60. The molecule has 0 fully saturated rings. The van der Waals surface area contributed by atoms with Crippen LogP contribution in [0, 0.1) is 0 Å². The first-order chi connectivity index (χ1) is 12.7. The second-order valence-corrected chi connectivity index (χ2v) is 7.46. The smallest absolute Gasteiger partial charge is 0.228 e. The fourth-order valence-corrected chi connectivity index (χ4v) is 4.20. The molecule has 1 atom stereocenters. The van der Waals surface area contributed by atoms with Crippen LogP contribution in [0.2, 0.25) is 0 Å². The molecule has 5 heteroatoms. The maximum Gasteiger partial charge on any atom is 0.228 e. The third-order valence-corrected chi connectivity index (χ3v) is 5.64. The van der Waals surface area contributed by atoms with E-state index in [0.717, 1.165) is 24.2 Å². The van der Waals surface area contributed by atoms with E-state index in [-0.39, 0.29) is 11.9 Å². The van der Waals surface area contributed by atoms with Gasteiger partial charge in [-0.1, -0.05) is 54.6 Å². The van der Waals surface area contributed by atoms with Crippen LogP contribution in [0.5, 0.6) is 0 Å². The molecule has 0 saturated heterocycles. The van der Waals surface area contributed by atoms with Crippen molar-refractivity contribution >= 4 is 22.4 Å². The average molecular weight is 363 g/mol. The molecule has 0 aliphatic carbocycles. The molecule has 0 spiro atoms. The van der Waals surface area contributed by atoms with Gasteiger partial charge in [0.15, 0.2) is 5.13 Å². The zero-order valence-electron chi connectivity index (χ0n) is 14.7. The minimum atomic E-state index is 0.00696. The van der Waals surface area contributed by atoms with Crippen molar-refractivity contribution in [2.75, 3.05) is 18.9 Å². The molecule has 132 valence electrons. The number of benzene rings is 2. The van der Waals surface area contributed by atoms with E-state index in [4.69, 9.17) is 0 Å². The van der Waals surface area contributed by atoms with Gasteiger partial charge in [-0.05, 0) is 24.6 Å². The van der Waals surface area contributed by atoms with Crippen molar-refractivity contribution in [1.29, 1.82) is 0 Å². The zero-order chi connectivity index (χ0) is 17.9. The molecule has 1 aliphatic heterocycles. The molecule has 1 aromatic heterocycles. The van der Waals surface area contributed by atoms with Crippen LogP contribution in [0.15, 0.2) is 60.0 Å². The fraction of sp³-hybridized carbons (Fsp3) is 0.238. The second kappa shape index (κ2) is 7.40. The maximum absolute atomic E-state index is 12.6. The van der Waals surface area contributed by atoms with Gasteiger partial charge in [-0.2, -0.15) is 0 Å². The van der Waals surface area contributed by atoms with Gasteiger partial charge in [-0.15, -0.1) is 11.3 Å². The monoisotopic (exact) mass is 363 g/mol. The van der Waals surface area contributed by atoms with Crippen molar-refractivity contribution in [2.45, 2.75) is 18.9 Å². The van der Waals surface area contributed by atoms with E-state index in [1.54, 1.807) is 0 Å². The molecule has 4 nitrogen and oxygen atoms in total. The Kier molecular flexibility index (Phi) is 4.82. The van der Waals surface area contributed by atoms with Gasteiger partial charge in [0, 0.05) is 30.0 Å². The molecule has 1 unspecified atom stereocenters. The Labute approximate surface area is 157 Å². The van der Waals surface area contributed by atoms with E-state index >= 15 is 0 Å². The van der Waals surface area contributed by atoms with Crippen LogP contribution in [-0.4, -0.2) is 29.4 Å². The van der Waals surface area contributed by atoms with Gasteiger partial charge in [-0.25, -0.2) is 4.98 Å². The summed E-state index contributed by atoms with van der Waals surface area (Å²) in [7, 11) is 2.09. The van der Waals surface area contributed by atoms with Gasteiger partial charge in [-0.3, -0.25) is 9.69 Å². The third-order valence-electron chi connectivity index (χ3n) is 4.88. The summed E-state index contributed by atoms with van der Waals surface area (Å²) < 4.78 is 0. The predicted octanol–water partition coefficient (Wildman–Crippen LogP) is 4.37. The van der Waals surface area contributed by atoms with E-state index in [0.29, 0.717) is 11.6 Å². The van der Waals surface area contributed by atoms with Gasteiger partial charge < -0.3 is 5.32 Å². The van der Waals surface area contributed by atoms with Crippen molar-refractivity contribution < 1.29 is 4.79 Å². The molecule has 2 aromatic carbocycles. The van der Waals surface area contributed by atoms with Gasteiger partial charge in [0.1, 0.15) is 0 Å². The number of carbonyl (C=O) groups is 1. The maximum atomic E-state index is 12.6. The molecule has 1 aliphatic rings. The lowest BCUT2D eigenvalue weighted by Crippen LogP contribution is -2.34. The number of anilines is 1. The van der Waals surface area contributed by atoms with Crippen molar-refractivity contribution in [3.05, 3.63) is 71.1 Å². The number of likely N-dealkylation sites (N-methyl/N-ethyl adjacent to an activating group) is 1. The lowest BCUT2D eigenvalue weighted by Gasteiger charge is -2.34. The molecular weight excluding hydrogens is 342 g/mol. The highest BCUT2D eigenvalue weighted by molar-refractivity contribution is 7.14. The molecule has 0 radical (unpaired) electrons. The number of hydrogen-bond donors (Lipinski definition) is 1. The van der Waals surface area contributed by atoms with Crippen LogP contribution < -0.4 is 5.32 Å². The third kappa shape index (κ3) is 3.54. The number of fused-ring (bicyclic) bond motifs is 1. The summed E-state index contributed by atoms with van der Waals surface area (Å²) in [5, 5.41) is 5.61. The van der Waals surface area contributed by atoms with Crippen LogP contribution in [-0.2, 0) is 11.2 Å². The Morgan fingerprint density at radius 2 is 1.96 bits per heavy atom. The highest BCUT2D eigenvalue weighted by atomic mass is 32.1. The lowest BCUT2D eigenvalue weighted by atomic mass is 9.91. The molecule has 1 amide bonds. The topological polar surface area (TPSA) is 45.2 Å². The molecular formula is C21H21N3OS. The highest BCUT2D eigenvalue weighted by Crippen LogP contribution is 2.31. The quantitative estimate of drug-likeness (QED) is 0.749. The molecule has 1 N–H and O–H groups in total. The molecule has 0 saturated carbocycles. The molecule has 3 aromatic rings. The summed E-state index contributed by atoms with van der Waals surface area (Å²) in [5.41, 5.74) is 4.57. The predicted molar refractivity (Wildman–Crippen MR) is 106 cm³/mol. The molecule has 26 heavy (non-hydrogen) atoms. The minimum absolute atomic E-state index is 0.00696. The van der Waals surface area contributed by atoms with Crippen LogP contribution >= 0.6 is 11.3 Å². The van der Waals surface area contributed by atoms with E-state index < -0.39 is 0 Å². The lowest BCUT2D eigenvalue weighted by molar-refractivity contribution is -0.117. The normalized spacial score (nSPS) is 16.9. The summed E-state index contributed by atoms with van der Waals surface area (Å²) >= 11 is 1.46. The highest BCUT2D eigenvalue weighted by Gasteiger charge is 2.26. The molecule has 4 rings (SSSR count). The van der Waals surface area contributed by atoms with E-state index in [2.05, 4.69) is 46.5 Å². The number of hydrogen-bond acceptors (Lipinski definition) is 4. The minimum Gasteiger partial charge on any atom is -0.302 e. The number of rotatable bonds is 4. The van der Waals surface area contributed by atoms with Gasteiger partial charge >= 0.3 is 0 Å². The van der Waals surface area contributed by atoms with E-state index in [1.165, 1.54) is 22.5 Å². The number of nitrogens with one attached hydrogen (secondary N) is 1.